The molecule has 0 bridgehead atoms. The molecule has 3 heteroatoms. The highest BCUT2D eigenvalue weighted by molar-refractivity contribution is 6.03. The third-order valence-corrected chi connectivity index (χ3v) is 6.61. The molecule has 0 saturated carbocycles. The molecule has 0 fully saturated rings. The van der Waals surface area contributed by atoms with Gasteiger partial charge in [-0.1, -0.05) is 68.5 Å². The van der Waals surface area contributed by atoms with Crippen LogP contribution in [0.5, 0.6) is 0 Å². The zero-order chi connectivity index (χ0) is 20.8. The minimum atomic E-state index is 0. The third-order valence-electron chi connectivity index (χ3n) is 6.61. The summed E-state index contributed by atoms with van der Waals surface area (Å²) in [7, 11) is 4.32. The van der Waals surface area contributed by atoms with Crippen LogP contribution in [-0.4, -0.2) is 24.4 Å². The number of nitrogens with zero attached hydrogens (tertiary/aromatic N) is 2. The lowest BCUT2D eigenvalue weighted by Gasteiger charge is -2.23. The van der Waals surface area contributed by atoms with Gasteiger partial charge in [0.15, 0.2) is 5.71 Å². The molecule has 0 radical (unpaired) electrons. The van der Waals surface area contributed by atoms with E-state index in [-0.39, 0.29) is 23.2 Å². The molecule has 0 saturated heterocycles. The fourth-order valence-electron chi connectivity index (χ4n) is 4.96. The predicted octanol–water partition coefficient (Wildman–Crippen LogP) is 6.54. The molecule has 0 N–H and O–H groups in total. The van der Waals surface area contributed by atoms with Crippen LogP contribution in [0.3, 0.4) is 0 Å². The van der Waals surface area contributed by atoms with Crippen LogP contribution >= 0.6 is 12.4 Å². The summed E-state index contributed by atoms with van der Waals surface area (Å²) in [6.07, 6.45) is 10.9. The molecule has 156 valence electrons. The van der Waals surface area contributed by atoms with Crippen molar-refractivity contribution in [2.45, 2.75) is 38.5 Å². The number of para-hydroxylation sites is 2. The number of rotatable bonds is 3. The highest BCUT2D eigenvalue weighted by atomic mass is 35.5. The number of hydrogen-bond donors (Lipinski definition) is 0. The normalized spacial score (nSPS) is 20.2. The van der Waals surface area contributed by atoms with Crippen molar-refractivity contribution in [3.8, 4) is 0 Å². The van der Waals surface area contributed by atoms with Crippen LogP contribution in [0.25, 0.3) is 0 Å². The number of likely N-dealkylation sites (N-methyl/N-ethyl adjacent to an activating group) is 1. The summed E-state index contributed by atoms with van der Waals surface area (Å²) in [4.78, 5) is 2.31. The zero-order valence-electron chi connectivity index (χ0n) is 18.8. The standard InChI is InChI=1S/C27H31N2.ClH/c1-26(2)20-14-10-12-16-22(20)28(5)24(26)18-8-7-9-19-25-27(3,4)21-15-11-13-17-23(21)29(25)6;/h7-19H,1-6H3;1H/q+1;. The topological polar surface area (TPSA) is 6.25 Å². The Labute approximate surface area is 187 Å². The second-order valence-electron chi connectivity index (χ2n) is 9.08. The summed E-state index contributed by atoms with van der Waals surface area (Å²) in [5.74, 6) is 0. The summed E-state index contributed by atoms with van der Waals surface area (Å²) < 4.78 is 2.31. The molecule has 2 nitrogen and oxygen atoms in total. The van der Waals surface area contributed by atoms with Gasteiger partial charge < -0.3 is 4.90 Å². The molecule has 2 aromatic rings. The van der Waals surface area contributed by atoms with Gasteiger partial charge in [-0.3, -0.25) is 0 Å². The Morgan fingerprint density at radius 3 is 2.10 bits per heavy atom. The number of hydrogen-bond acceptors (Lipinski definition) is 1. The minimum absolute atomic E-state index is 0. The van der Waals surface area contributed by atoms with Crippen molar-refractivity contribution in [2.75, 3.05) is 19.0 Å². The smallest absolute Gasteiger partial charge is 0.209 e. The van der Waals surface area contributed by atoms with Gasteiger partial charge in [0.25, 0.3) is 0 Å². The Balaban J connectivity index is 0.00000256. The first-order valence-electron chi connectivity index (χ1n) is 10.4. The fourth-order valence-corrected chi connectivity index (χ4v) is 4.96. The van der Waals surface area contributed by atoms with Crippen LogP contribution in [0.15, 0.2) is 84.6 Å². The van der Waals surface area contributed by atoms with Gasteiger partial charge in [-0.05, 0) is 31.6 Å². The van der Waals surface area contributed by atoms with Gasteiger partial charge in [-0.25, -0.2) is 0 Å². The SMILES string of the molecule is CN1/C(=C/C=C/C=C/C2=[N+](C)c3ccccc3C2(C)C)C(C)(C)c2ccccc21.Cl. The summed E-state index contributed by atoms with van der Waals surface area (Å²) in [6.45, 7) is 9.20. The summed E-state index contributed by atoms with van der Waals surface area (Å²) >= 11 is 0. The Kier molecular flexibility index (Phi) is 5.84. The molecule has 2 heterocycles. The summed E-state index contributed by atoms with van der Waals surface area (Å²) in [5.41, 5.74) is 8.06. The first-order chi connectivity index (χ1) is 13.8. The second kappa shape index (κ2) is 7.92. The molecule has 0 atom stereocenters. The molecule has 2 aliphatic rings. The Hall–Kier alpha value is -2.58. The van der Waals surface area contributed by atoms with E-state index in [1.54, 1.807) is 0 Å². The number of benzene rings is 2. The van der Waals surface area contributed by atoms with Gasteiger partial charge >= 0.3 is 0 Å². The summed E-state index contributed by atoms with van der Waals surface area (Å²) in [5, 5.41) is 0. The van der Waals surface area contributed by atoms with Crippen molar-refractivity contribution < 1.29 is 4.58 Å². The molecule has 4 rings (SSSR count). The van der Waals surface area contributed by atoms with E-state index in [0.29, 0.717) is 0 Å². The molecule has 0 spiro atoms. The van der Waals surface area contributed by atoms with E-state index in [2.05, 4.69) is 130 Å². The Bertz CT molecular complexity index is 1080. The minimum Gasteiger partial charge on any atom is -0.347 e. The van der Waals surface area contributed by atoms with Gasteiger partial charge in [0.1, 0.15) is 7.05 Å². The van der Waals surface area contributed by atoms with E-state index < -0.39 is 0 Å². The quantitative estimate of drug-likeness (QED) is 0.404. The number of halogens is 1. The number of allylic oxidation sites excluding steroid dienone is 6. The van der Waals surface area contributed by atoms with Crippen molar-refractivity contribution >= 4 is 29.5 Å². The lowest BCUT2D eigenvalue weighted by molar-refractivity contribution is -0.401. The molecule has 2 aliphatic heterocycles. The maximum Gasteiger partial charge on any atom is 0.209 e. The highest BCUT2D eigenvalue weighted by Crippen LogP contribution is 2.46. The predicted molar refractivity (Wildman–Crippen MR) is 132 cm³/mol. The molecule has 0 aliphatic carbocycles. The fraction of sp³-hybridized carbons (Fsp3) is 0.296. The van der Waals surface area contributed by atoms with Crippen molar-refractivity contribution in [1.82, 2.24) is 0 Å². The van der Waals surface area contributed by atoms with Crippen LogP contribution in [0.2, 0.25) is 0 Å². The number of anilines is 1. The van der Waals surface area contributed by atoms with E-state index in [4.69, 9.17) is 0 Å². The van der Waals surface area contributed by atoms with Gasteiger partial charge in [-0.15, -0.1) is 12.4 Å². The first kappa shape index (κ1) is 22.1. The first-order valence-corrected chi connectivity index (χ1v) is 10.4. The molecule has 0 aromatic heterocycles. The van der Waals surface area contributed by atoms with E-state index in [1.807, 2.05) is 0 Å². The lowest BCUT2D eigenvalue weighted by Crippen LogP contribution is -2.26. The van der Waals surface area contributed by atoms with Crippen LogP contribution < -0.4 is 4.90 Å². The molecular formula is C27H32ClN2+. The third kappa shape index (κ3) is 3.33. The largest absolute Gasteiger partial charge is 0.347 e. The van der Waals surface area contributed by atoms with Crippen LogP contribution in [0.1, 0.15) is 38.8 Å². The zero-order valence-corrected chi connectivity index (χ0v) is 19.6. The van der Waals surface area contributed by atoms with Crippen molar-refractivity contribution in [3.63, 3.8) is 0 Å². The van der Waals surface area contributed by atoms with Crippen LogP contribution in [-0.2, 0) is 10.8 Å². The van der Waals surface area contributed by atoms with Gasteiger partial charge in [-0.2, -0.15) is 4.58 Å². The molecule has 0 amide bonds. The lowest BCUT2D eigenvalue weighted by atomic mass is 9.81. The van der Waals surface area contributed by atoms with Gasteiger partial charge in [0, 0.05) is 41.6 Å². The van der Waals surface area contributed by atoms with E-state index in [0.717, 1.165) is 0 Å². The van der Waals surface area contributed by atoms with E-state index in [9.17, 15) is 0 Å². The average molecular weight is 420 g/mol. The second-order valence-corrected chi connectivity index (χ2v) is 9.08. The summed E-state index contributed by atoms with van der Waals surface area (Å²) in [6, 6.07) is 17.4. The van der Waals surface area contributed by atoms with Gasteiger partial charge in [0.05, 0.1) is 5.41 Å². The highest BCUT2D eigenvalue weighted by Gasteiger charge is 2.42. The Morgan fingerprint density at radius 1 is 0.800 bits per heavy atom. The molecular weight excluding hydrogens is 388 g/mol. The maximum atomic E-state index is 2.31. The molecule has 30 heavy (non-hydrogen) atoms. The maximum absolute atomic E-state index is 2.31. The van der Waals surface area contributed by atoms with Gasteiger partial charge in [0.2, 0.25) is 5.69 Å². The number of fused-ring (bicyclic) bond motifs is 2. The van der Waals surface area contributed by atoms with Crippen molar-refractivity contribution in [3.05, 3.63) is 95.7 Å². The monoisotopic (exact) mass is 419 g/mol. The Morgan fingerprint density at radius 2 is 1.43 bits per heavy atom. The van der Waals surface area contributed by atoms with E-state index in [1.165, 1.54) is 33.9 Å². The molecule has 2 aromatic carbocycles. The molecule has 0 unspecified atom stereocenters. The van der Waals surface area contributed by atoms with Crippen LogP contribution in [0, 0.1) is 0 Å². The van der Waals surface area contributed by atoms with E-state index >= 15 is 0 Å². The van der Waals surface area contributed by atoms with Crippen molar-refractivity contribution in [2.24, 2.45) is 0 Å². The average Bonchev–Trinajstić information content (AvgIpc) is 3.02. The van der Waals surface area contributed by atoms with Crippen LogP contribution in [0.4, 0.5) is 11.4 Å². The van der Waals surface area contributed by atoms with Crippen molar-refractivity contribution in [1.29, 1.82) is 0 Å².